The van der Waals surface area contributed by atoms with E-state index in [0.717, 1.165) is 5.56 Å². The first-order chi connectivity index (χ1) is 11.0. The SMILES string of the molecule is C=CCc1ccc(O[C@H]2[C@H](O)[C@@H](O)[C@H](O)O[C@@H]2CO)c(OC)c1. The number of aliphatic hydroxyl groups excluding tert-OH is 4. The monoisotopic (exact) mass is 326 g/mol. The van der Waals surface area contributed by atoms with Gasteiger partial charge in [0.05, 0.1) is 13.7 Å². The van der Waals surface area contributed by atoms with Crippen LogP contribution in [0.15, 0.2) is 30.9 Å². The van der Waals surface area contributed by atoms with Crippen molar-refractivity contribution in [2.24, 2.45) is 0 Å². The largest absolute Gasteiger partial charge is 0.493 e. The van der Waals surface area contributed by atoms with Crippen LogP contribution in [-0.4, -0.2) is 64.8 Å². The summed E-state index contributed by atoms with van der Waals surface area (Å²) in [6, 6.07) is 5.25. The van der Waals surface area contributed by atoms with Crippen LogP contribution in [0.1, 0.15) is 5.56 Å². The van der Waals surface area contributed by atoms with Crippen LogP contribution >= 0.6 is 0 Å². The Morgan fingerprint density at radius 2 is 1.96 bits per heavy atom. The molecule has 0 spiro atoms. The summed E-state index contributed by atoms with van der Waals surface area (Å²) in [5, 5.41) is 38.7. The molecule has 0 amide bonds. The highest BCUT2D eigenvalue weighted by molar-refractivity contribution is 5.43. The van der Waals surface area contributed by atoms with Gasteiger partial charge in [-0.15, -0.1) is 6.58 Å². The van der Waals surface area contributed by atoms with Gasteiger partial charge in [0, 0.05) is 0 Å². The molecule has 4 N–H and O–H groups in total. The molecule has 23 heavy (non-hydrogen) atoms. The number of hydrogen-bond acceptors (Lipinski definition) is 7. The maximum Gasteiger partial charge on any atom is 0.184 e. The van der Waals surface area contributed by atoms with Crippen molar-refractivity contribution in [2.75, 3.05) is 13.7 Å². The molecule has 128 valence electrons. The zero-order valence-electron chi connectivity index (χ0n) is 12.8. The Bertz CT molecular complexity index is 531. The standard InChI is InChI=1S/C16H22O7/c1-3-4-9-5-6-10(11(7-9)21-2)22-15-12(8-17)23-16(20)14(19)13(15)18/h3,5-7,12-20H,1,4,8H2,2H3/t12-,13-,14-,15-,16-/m1/s1. The number of aliphatic hydroxyl groups is 4. The molecule has 0 unspecified atom stereocenters. The Kier molecular flexibility index (Phi) is 5.97. The molecule has 1 aliphatic heterocycles. The smallest absolute Gasteiger partial charge is 0.184 e. The summed E-state index contributed by atoms with van der Waals surface area (Å²) in [6.07, 6.45) is -4.16. The van der Waals surface area contributed by atoms with Crippen molar-refractivity contribution in [2.45, 2.75) is 37.1 Å². The summed E-state index contributed by atoms with van der Waals surface area (Å²) in [6.45, 7) is 3.19. The third-order valence-electron chi connectivity index (χ3n) is 3.71. The predicted octanol–water partition coefficient (Wildman–Crippen LogP) is -0.398. The van der Waals surface area contributed by atoms with Crippen LogP contribution in [0, 0.1) is 0 Å². The maximum absolute atomic E-state index is 10.1. The second-order valence-corrected chi connectivity index (χ2v) is 5.29. The first kappa shape index (κ1) is 17.7. The summed E-state index contributed by atoms with van der Waals surface area (Å²) < 4.78 is 16.0. The minimum Gasteiger partial charge on any atom is -0.493 e. The molecule has 7 heteroatoms. The molecular formula is C16H22O7. The number of ether oxygens (including phenoxy) is 3. The van der Waals surface area contributed by atoms with E-state index in [-0.39, 0.29) is 0 Å². The van der Waals surface area contributed by atoms with Gasteiger partial charge in [-0.25, -0.2) is 0 Å². The lowest BCUT2D eigenvalue weighted by molar-refractivity contribution is -0.282. The van der Waals surface area contributed by atoms with E-state index < -0.39 is 37.3 Å². The van der Waals surface area contributed by atoms with Gasteiger partial charge in [-0.2, -0.15) is 0 Å². The summed E-state index contributed by atoms with van der Waals surface area (Å²) >= 11 is 0. The van der Waals surface area contributed by atoms with Gasteiger partial charge in [-0.1, -0.05) is 12.1 Å². The number of benzene rings is 1. The van der Waals surface area contributed by atoms with E-state index in [1.165, 1.54) is 7.11 Å². The number of methoxy groups -OCH3 is 1. The molecule has 1 fully saturated rings. The first-order valence-corrected chi connectivity index (χ1v) is 7.26. The maximum atomic E-state index is 10.1. The molecular weight excluding hydrogens is 304 g/mol. The molecule has 0 bridgehead atoms. The third kappa shape index (κ3) is 3.82. The average molecular weight is 326 g/mol. The number of hydrogen-bond donors (Lipinski definition) is 4. The second kappa shape index (κ2) is 7.76. The Balaban J connectivity index is 2.23. The van der Waals surface area contributed by atoms with Crippen molar-refractivity contribution in [3.63, 3.8) is 0 Å². The summed E-state index contributed by atoms with van der Waals surface area (Å²) in [4.78, 5) is 0. The van der Waals surface area contributed by atoms with Gasteiger partial charge in [-0.3, -0.25) is 0 Å². The highest BCUT2D eigenvalue weighted by atomic mass is 16.7. The summed E-state index contributed by atoms with van der Waals surface area (Å²) in [5.41, 5.74) is 0.971. The molecule has 1 aliphatic rings. The topological polar surface area (TPSA) is 109 Å². The lowest BCUT2D eigenvalue weighted by Crippen LogP contribution is -2.60. The van der Waals surface area contributed by atoms with Gasteiger partial charge in [-0.05, 0) is 24.1 Å². The van der Waals surface area contributed by atoms with Crippen LogP contribution in [0.4, 0.5) is 0 Å². The van der Waals surface area contributed by atoms with E-state index in [1.807, 2.05) is 6.07 Å². The van der Waals surface area contributed by atoms with Gasteiger partial charge in [0.2, 0.25) is 0 Å². The fraction of sp³-hybridized carbons (Fsp3) is 0.500. The minimum absolute atomic E-state index is 0.329. The van der Waals surface area contributed by atoms with E-state index in [4.69, 9.17) is 14.2 Å². The van der Waals surface area contributed by atoms with Gasteiger partial charge in [0.1, 0.15) is 18.3 Å². The first-order valence-electron chi connectivity index (χ1n) is 7.26. The molecule has 2 rings (SSSR count). The normalized spacial score (nSPS) is 30.7. The van der Waals surface area contributed by atoms with Crippen LogP contribution in [0.2, 0.25) is 0 Å². The average Bonchev–Trinajstić information content (AvgIpc) is 2.56. The predicted molar refractivity (Wildman–Crippen MR) is 81.3 cm³/mol. The molecule has 7 nitrogen and oxygen atoms in total. The summed E-state index contributed by atoms with van der Waals surface area (Å²) in [7, 11) is 1.48. The van der Waals surface area contributed by atoms with Crippen LogP contribution in [0.5, 0.6) is 11.5 Å². The Labute approximate surface area is 134 Å². The van der Waals surface area contributed by atoms with Crippen molar-refractivity contribution < 1.29 is 34.6 Å². The molecule has 0 aromatic heterocycles. The van der Waals surface area contributed by atoms with E-state index in [0.29, 0.717) is 17.9 Å². The molecule has 0 saturated carbocycles. The fourth-order valence-electron chi connectivity index (χ4n) is 2.46. The Morgan fingerprint density at radius 1 is 1.22 bits per heavy atom. The van der Waals surface area contributed by atoms with Crippen molar-refractivity contribution >= 4 is 0 Å². The van der Waals surface area contributed by atoms with Gasteiger partial charge in [0.25, 0.3) is 0 Å². The van der Waals surface area contributed by atoms with E-state index in [1.54, 1.807) is 18.2 Å². The van der Waals surface area contributed by atoms with Crippen LogP contribution < -0.4 is 9.47 Å². The molecule has 0 aliphatic carbocycles. The quantitative estimate of drug-likeness (QED) is 0.527. The van der Waals surface area contributed by atoms with Crippen LogP contribution in [-0.2, 0) is 11.2 Å². The van der Waals surface area contributed by atoms with Crippen molar-refractivity contribution in [1.82, 2.24) is 0 Å². The highest BCUT2D eigenvalue weighted by Crippen LogP contribution is 2.32. The lowest BCUT2D eigenvalue weighted by Gasteiger charge is -2.40. The molecule has 1 aromatic rings. The van der Waals surface area contributed by atoms with E-state index in [2.05, 4.69) is 6.58 Å². The zero-order valence-corrected chi connectivity index (χ0v) is 12.8. The molecule has 0 radical (unpaired) electrons. The third-order valence-corrected chi connectivity index (χ3v) is 3.71. The number of rotatable bonds is 6. The lowest BCUT2D eigenvalue weighted by atomic mass is 9.99. The Morgan fingerprint density at radius 3 is 2.57 bits per heavy atom. The van der Waals surface area contributed by atoms with Gasteiger partial charge >= 0.3 is 0 Å². The minimum atomic E-state index is -1.58. The second-order valence-electron chi connectivity index (χ2n) is 5.29. The molecule has 1 aromatic carbocycles. The van der Waals surface area contributed by atoms with Crippen LogP contribution in [0.3, 0.4) is 0 Å². The van der Waals surface area contributed by atoms with Crippen molar-refractivity contribution in [3.8, 4) is 11.5 Å². The number of allylic oxidation sites excluding steroid dienone is 1. The van der Waals surface area contributed by atoms with Crippen LogP contribution in [0.25, 0.3) is 0 Å². The van der Waals surface area contributed by atoms with E-state index >= 15 is 0 Å². The van der Waals surface area contributed by atoms with Gasteiger partial charge < -0.3 is 34.6 Å². The fourth-order valence-corrected chi connectivity index (χ4v) is 2.46. The van der Waals surface area contributed by atoms with Crippen molar-refractivity contribution in [1.29, 1.82) is 0 Å². The van der Waals surface area contributed by atoms with E-state index in [9.17, 15) is 20.4 Å². The van der Waals surface area contributed by atoms with Crippen molar-refractivity contribution in [3.05, 3.63) is 36.4 Å². The zero-order chi connectivity index (χ0) is 17.0. The summed E-state index contributed by atoms with van der Waals surface area (Å²) in [5.74, 6) is 0.767. The molecule has 1 saturated heterocycles. The highest BCUT2D eigenvalue weighted by Gasteiger charge is 2.45. The van der Waals surface area contributed by atoms with Gasteiger partial charge in [0.15, 0.2) is 23.9 Å². The Hall–Kier alpha value is -1.64. The molecule has 1 heterocycles. The molecule has 5 atom stereocenters.